The molecule has 0 amide bonds. The van der Waals surface area contributed by atoms with Gasteiger partial charge in [-0.25, -0.2) is 9.18 Å². The van der Waals surface area contributed by atoms with Gasteiger partial charge in [0, 0.05) is 29.7 Å². The highest BCUT2D eigenvalue weighted by Gasteiger charge is 2.20. The van der Waals surface area contributed by atoms with Gasteiger partial charge in [0.1, 0.15) is 11.6 Å². The highest BCUT2D eigenvalue weighted by atomic mass is 19.1. The first kappa shape index (κ1) is 22.3. The number of halogens is 1. The standard InChI is InChI=1S/C26H31FN2O3/c1-31-26(30)32-23-11-12-24-21(17-28-25(24)16-23)6-2-3-13-29-14-4-5-20(18-29)15-19-7-9-22(27)10-8-19/h7-12,16-17,20,28H,2-6,13-15,18H2,1H3. The number of benzene rings is 2. The van der Waals surface area contributed by atoms with Crippen LogP contribution in [0.25, 0.3) is 10.9 Å². The van der Waals surface area contributed by atoms with E-state index in [0.29, 0.717) is 11.7 Å². The lowest BCUT2D eigenvalue weighted by Gasteiger charge is -2.32. The molecule has 1 fully saturated rings. The molecule has 6 heteroatoms. The van der Waals surface area contributed by atoms with E-state index in [-0.39, 0.29) is 5.82 Å². The first-order chi connectivity index (χ1) is 15.6. The Morgan fingerprint density at radius 2 is 2.03 bits per heavy atom. The van der Waals surface area contributed by atoms with Crippen LogP contribution in [-0.4, -0.2) is 42.8 Å². The number of likely N-dealkylation sites (tertiary alicyclic amines) is 1. The number of aromatic nitrogens is 1. The zero-order valence-corrected chi connectivity index (χ0v) is 18.6. The van der Waals surface area contributed by atoms with Gasteiger partial charge in [-0.1, -0.05) is 12.1 Å². The zero-order valence-electron chi connectivity index (χ0n) is 18.6. The van der Waals surface area contributed by atoms with Crippen LogP contribution in [0.4, 0.5) is 9.18 Å². The normalized spacial score (nSPS) is 16.9. The number of ether oxygens (including phenoxy) is 2. The van der Waals surface area contributed by atoms with Crippen molar-refractivity contribution in [2.45, 2.75) is 38.5 Å². The lowest BCUT2D eigenvalue weighted by atomic mass is 9.91. The number of fused-ring (bicyclic) bond motifs is 1. The Labute approximate surface area is 188 Å². The molecule has 4 rings (SSSR count). The fourth-order valence-corrected chi connectivity index (χ4v) is 4.70. The van der Waals surface area contributed by atoms with Crippen molar-refractivity contribution in [2.24, 2.45) is 5.92 Å². The number of unbranched alkanes of at least 4 members (excludes halogenated alkanes) is 1. The SMILES string of the molecule is COC(=O)Oc1ccc2c(CCCCN3CCCC(Cc4ccc(F)cc4)C3)c[nH]c2c1. The number of piperidine rings is 1. The van der Waals surface area contributed by atoms with E-state index in [1.165, 1.54) is 49.4 Å². The minimum Gasteiger partial charge on any atom is -0.437 e. The monoisotopic (exact) mass is 438 g/mol. The van der Waals surface area contributed by atoms with Gasteiger partial charge in [0.15, 0.2) is 0 Å². The van der Waals surface area contributed by atoms with Crippen molar-refractivity contribution in [1.29, 1.82) is 0 Å². The van der Waals surface area contributed by atoms with E-state index in [9.17, 15) is 9.18 Å². The summed E-state index contributed by atoms with van der Waals surface area (Å²) in [5.41, 5.74) is 3.48. The van der Waals surface area contributed by atoms with Crippen LogP contribution in [0.2, 0.25) is 0 Å². The number of nitrogens with zero attached hydrogens (tertiary/aromatic N) is 1. The molecule has 0 saturated carbocycles. The quantitative estimate of drug-likeness (QED) is 0.277. The molecule has 3 aromatic rings. The van der Waals surface area contributed by atoms with Crippen molar-refractivity contribution in [1.82, 2.24) is 9.88 Å². The molecule has 1 saturated heterocycles. The first-order valence-corrected chi connectivity index (χ1v) is 11.4. The van der Waals surface area contributed by atoms with Gasteiger partial charge in [0.2, 0.25) is 0 Å². The maximum absolute atomic E-state index is 13.1. The van der Waals surface area contributed by atoms with Gasteiger partial charge in [-0.2, -0.15) is 0 Å². The fraction of sp³-hybridized carbons (Fsp3) is 0.423. The maximum Gasteiger partial charge on any atom is 0.513 e. The molecule has 1 N–H and O–H groups in total. The van der Waals surface area contributed by atoms with E-state index in [0.717, 1.165) is 37.9 Å². The Hall–Kier alpha value is -2.86. The molecule has 1 atom stereocenters. The fourth-order valence-electron chi connectivity index (χ4n) is 4.70. The van der Waals surface area contributed by atoms with E-state index >= 15 is 0 Å². The molecule has 170 valence electrons. The van der Waals surface area contributed by atoms with Crippen molar-refractivity contribution < 1.29 is 18.7 Å². The second-order valence-corrected chi connectivity index (χ2v) is 8.67. The number of hydrogen-bond donors (Lipinski definition) is 1. The number of carbonyl (C=O) groups is 1. The van der Waals surface area contributed by atoms with Crippen LogP contribution in [0.3, 0.4) is 0 Å². The number of H-pyrrole nitrogens is 1. The molecular weight excluding hydrogens is 407 g/mol. The third-order valence-electron chi connectivity index (χ3n) is 6.32. The maximum atomic E-state index is 13.1. The van der Waals surface area contributed by atoms with Crippen molar-refractivity contribution >= 4 is 17.1 Å². The van der Waals surface area contributed by atoms with Crippen LogP contribution in [-0.2, 0) is 17.6 Å². The van der Waals surface area contributed by atoms with Crippen LogP contribution in [0.15, 0.2) is 48.7 Å². The van der Waals surface area contributed by atoms with E-state index in [1.807, 2.05) is 30.5 Å². The number of nitrogens with one attached hydrogen (secondary N) is 1. The highest BCUT2D eigenvalue weighted by Crippen LogP contribution is 2.25. The van der Waals surface area contributed by atoms with Gasteiger partial charge >= 0.3 is 6.16 Å². The van der Waals surface area contributed by atoms with Crippen molar-refractivity contribution in [3.05, 3.63) is 65.6 Å². The molecule has 0 radical (unpaired) electrons. The van der Waals surface area contributed by atoms with Crippen LogP contribution in [0.1, 0.15) is 36.8 Å². The smallest absolute Gasteiger partial charge is 0.437 e. The number of hydrogen-bond acceptors (Lipinski definition) is 4. The molecule has 32 heavy (non-hydrogen) atoms. The Morgan fingerprint density at radius 1 is 1.19 bits per heavy atom. The van der Waals surface area contributed by atoms with Gasteiger partial charge in [-0.05, 0) is 92.9 Å². The van der Waals surface area contributed by atoms with Gasteiger partial charge < -0.3 is 19.4 Å². The third kappa shape index (κ3) is 5.88. The van der Waals surface area contributed by atoms with Crippen molar-refractivity contribution in [3.8, 4) is 5.75 Å². The molecule has 2 heterocycles. The molecular formula is C26H31FN2O3. The Balaban J connectivity index is 1.23. The minimum absolute atomic E-state index is 0.163. The van der Waals surface area contributed by atoms with Gasteiger partial charge in [-0.15, -0.1) is 0 Å². The summed E-state index contributed by atoms with van der Waals surface area (Å²) >= 11 is 0. The van der Waals surface area contributed by atoms with Crippen molar-refractivity contribution in [2.75, 3.05) is 26.7 Å². The molecule has 1 aliphatic rings. The number of methoxy groups -OCH3 is 1. The summed E-state index contributed by atoms with van der Waals surface area (Å²) in [6.07, 6.45) is 8.18. The molecule has 1 unspecified atom stereocenters. The summed E-state index contributed by atoms with van der Waals surface area (Å²) in [6.45, 7) is 3.43. The van der Waals surface area contributed by atoms with Gasteiger partial charge in [0.05, 0.1) is 7.11 Å². The van der Waals surface area contributed by atoms with Crippen LogP contribution >= 0.6 is 0 Å². The number of aryl methyl sites for hydroxylation is 1. The number of aromatic amines is 1. The van der Waals surface area contributed by atoms with Crippen LogP contribution in [0.5, 0.6) is 5.75 Å². The topological polar surface area (TPSA) is 54.6 Å². The summed E-state index contributed by atoms with van der Waals surface area (Å²) in [4.78, 5) is 17.1. The highest BCUT2D eigenvalue weighted by molar-refractivity contribution is 5.85. The van der Waals surface area contributed by atoms with Crippen LogP contribution < -0.4 is 4.74 Å². The molecule has 1 aromatic heterocycles. The van der Waals surface area contributed by atoms with Gasteiger partial charge in [-0.3, -0.25) is 0 Å². The molecule has 1 aliphatic heterocycles. The minimum atomic E-state index is -0.714. The second kappa shape index (κ2) is 10.6. The van der Waals surface area contributed by atoms with E-state index in [2.05, 4.69) is 14.6 Å². The largest absolute Gasteiger partial charge is 0.513 e. The summed E-state index contributed by atoms with van der Waals surface area (Å²) in [7, 11) is 1.29. The number of rotatable bonds is 8. The predicted molar refractivity (Wildman–Crippen MR) is 124 cm³/mol. The summed E-state index contributed by atoms with van der Waals surface area (Å²) in [5, 5.41) is 1.17. The van der Waals surface area contributed by atoms with Gasteiger partial charge in [0.25, 0.3) is 0 Å². The van der Waals surface area contributed by atoms with E-state index in [1.54, 1.807) is 18.2 Å². The molecule has 0 bridgehead atoms. The van der Waals surface area contributed by atoms with Crippen molar-refractivity contribution in [3.63, 3.8) is 0 Å². The summed E-state index contributed by atoms with van der Waals surface area (Å²) < 4.78 is 22.8. The summed E-state index contributed by atoms with van der Waals surface area (Å²) in [6, 6.07) is 12.6. The lowest BCUT2D eigenvalue weighted by Crippen LogP contribution is -2.36. The Kier molecular flexibility index (Phi) is 7.43. The average Bonchev–Trinajstić information content (AvgIpc) is 3.20. The van der Waals surface area contributed by atoms with Crippen LogP contribution in [0, 0.1) is 11.7 Å². The van der Waals surface area contributed by atoms with E-state index < -0.39 is 6.16 Å². The molecule has 0 spiro atoms. The average molecular weight is 439 g/mol. The molecule has 5 nitrogen and oxygen atoms in total. The van der Waals surface area contributed by atoms with E-state index in [4.69, 9.17) is 4.74 Å². The first-order valence-electron chi connectivity index (χ1n) is 11.4. The third-order valence-corrected chi connectivity index (χ3v) is 6.32. The second-order valence-electron chi connectivity index (χ2n) is 8.67. The molecule has 0 aliphatic carbocycles. The Bertz CT molecular complexity index is 1030. The summed E-state index contributed by atoms with van der Waals surface area (Å²) in [5.74, 6) is 0.964. The molecule has 2 aromatic carbocycles. The lowest BCUT2D eigenvalue weighted by molar-refractivity contribution is 0.121. The Morgan fingerprint density at radius 3 is 2.84 bits per heavy atom. The number of carbonyl (C=O) groups excluding carboxylic acids is 1. The zero-order chi connectivity index (χ0) is 22.3. The predicted octanol–water partition coefficient (Wildman–Crippen LogP) is 5.73.